The summed E-state index contributed by atoms with van der Waals surface area (Å²) in [6.45, 7) is 0.917. The third-order valence-electron chi connectivity index (χ3n) is 5.12. The maximum Gasteiger partial charge on any atom is 0.303 e. The van der Waals surface area contributed by atoms with Gasteiger partial charge in [-0.1, -0.05) is 29.8 Å². The first-order chi connectivity index (χ1) is 14.3. The number of carbonyl (C=O) groups is 1. The molecule has 1 aliphatic rings. The standard InChI is InChI=1S/C22H21ClN2O4S/c23-18-4-7-21-17(13-18)14-19(5-8-22(26)27)25(21)30(28,29)11-1-2-15-3-6-20-16(12-15)9-10-24-20/h1-4,6-7,12-14,24H,5,8-11H2,(H,26,27). The van der Waals surface area contributed by atoms with Crippen molar-refractivity contribution >= 4 is 50.3 Å². The molecule has 0 saturated heterocycles. The van der Waals surface area contributed by atoms with Gasteiger partial charge in [-0.15, -0.1) is 0 Å². The molecule has 0 saturated carbocycles. The molecule has 0 fully saturated rings. The smallest absolute Gasteiger partial charge is 0.303 e. The van der Waals surface area contributed by atoms with Gasteiger partial charge >= 0.3 is 5.97 Å². The monoisotopic (exact) mass is 444 g/mol. The highest BCUT2D eigenvalue weighted by molar-refractivity contribution is 7.90. The molecule has 0 atom stereocenters. The van der Waals surface area contributed by atoms with Crippen molar-refractivity contribution in [2.75, 3.05) is 17.6 Å². The van der Waals surface area contributed by atoms with Crippen molar-refractivity contribution in [1.82, 2.24) is 3.97 Å². The summed E-state index contributed by atoms with van der Waals surface area (Å²) in [5.41, 5.74) is 4.23. The van der Waals surface area contributed by atoms with E-state index in [-0.39, 0.29) is 18.6 Å². The highest BCUT2D eigenvalue weighted by atomic mass is 35.5. The maximum atomic E-state index is 13.2. The molecule has 2 aromatic carbocycles. The second-order valence-electron chi connectivity index (χ2n) is 7.27. The molecule has 3 aromatic rings. The molecule has 4 rings (SSSR count). The number of fused-ring (bicyclic) bond motifs is 2. The Hall–Kier alpha value is -2.77. The van der Waals surface area contributed by atoms with E-state index in [1.807, 2.05) is 12.1 Å². The number of halogens is 1. The highest BCUT2D eigenvalue weighted by Crippen LogP contribution is 2.27. The zero-order chi connectivity index (χ0) is 21.3. The van der Waals surface area contributed by atoms with Gasteiger partial charge in [0.25, 0.3) is 0 Å². The number of rotatable bonds is 7. The quantitative estimate of drug-likeness (QED) is 0.571. The molecular weight excluding hydrogens is 424 g/mol. The Morgan fingerprint density at radius 3 is 2.83 bits per heavy atom. The number of nitrogens with zero attached hydrogens (tertiary/aromatic N) is 1. The van der Waals surface area contributed by atoms with E-state index in [1.54, 1.807) is 36.4 Å². The molecule has 1 aliphatic heterocycles. The van der Waals surface area contributed by atoms with Gasteiger partial charge in [0.2, 0.25) is 10.0 Å². The molecule has 8 heteroatoms. The first kappa shape index (κ1) is 20.5. The summed E-state index contributed by atoms with van der Waals surface area (Å²) in [4.78, 5) is 11.0. The summed E-state index contributed by atoms with van der Waals surface area (Å²) in [5.74, 6) is -1.18. The van der Waals surface area contributed by atoms with E-state index >= 15 is 0 Å². The number of anilines is 1. The van der Waals surface area contributed by atoms with Crippen molar-refractivity contribution in [1.29, 1.82) is 0 Å². The van der Waals surface area contributed by atoms with Gasteiger partial charge in [0.15, 0.2) is 0 Å². The summed E-state index contributed by atoms with van der Waals surface area (Å²) < 4.78 is 27.6. The van der Waals surface area contributed by atoms with Crippen LogP contribution in [0, 0.1) is 0 Å². The number of carboxylic acid groups (broad SMARTS) is 1. The third-order valence-corrected chi connectivity index (χ3v) is 6.96. The topological polar surface area (TPSA) is 88.4 Å². The van der Waals surface area contributed by atoms with Gasteiger partial charge < -0.3 is 10.4 Å². The highest BCUT2D eigenvalue weighted by Gasteiger charge is 2.20. The SMILES string of the molecule is O=C(O)CCc1cc2cc(Cl)ccc2n1S(=O)(=O)CC=Cc1ccc2c(c1)CCN2. The van der Waals surface area contributed by atoms with Crippen LogP contribution in [0.25, 0.3) is 17.0 Å². The van der Waals surface area contributed by atoms with E-state index in [0.29, 0.717) is 21.6 Å². The van der Waals surface area contributed by atoms with Crippen LogP contribution in [0.5, 0.6) is 0 Å². The summed E-state index contributed by atoms with van der Waals surface area (Å²) in [6, 6.07) is 12.7. The van der Waals surface area contributed by atoms with Crippen LogP contribution < -0.4 is 5.32 Å². The zero-order valence-corrected chi connectivity index (χ0v) is 17.7. The predicted octanol–water partition coefficient (Wildman–Crippen LogP) is 4.17. The average molecular weight is 445 g/mol. The fourth-order valence-electron chi connectivity index (χ4n) is 3.76. The number of carboxylic acids is 1. The average Bonchev–Trinajstić information content (AvgIpc) is 3.29. The van der Waals surface area contributed by atoms with Crippen LogP contribution in [0.15, 0.2) is 48.5 Å². The van der Waals surface area contributed by atoms with Crippen molar-refractivity contribution < 1.29 is 18.3 Å². The number of hydrogen-bond donors (Lipinski definition) is 2. The maximum absolute atomic E-state index is 13.2. The Labute approximate surface area is 179 Å². The summed E-state index contributed by atoms with van der Waals surface area (Å²) >= 11 is 6.05. The number of benzene rings is 2. The van der Waals surface area contributed by atoms with E-state index in [0.717, 1.165) is 24.2 Å². The van der Waals surface area contributed by atoms with E-state index in [4.69, 9.17) is 16.7 Å². The lowest BCUT2D eigenvalue weighted by Gasteiger charge is -2.10. The molecule has 0 aliphatic carbocycles. The summed E-state index contributed by atoms with van der Waals surface area (Å²) in [6.07, 6.45) is 4.35. The molecule has 2 heterocycles. The molecular formula is C22H21ClN2O4S. The molecule has 6 nitrogen and oxygen atoms in total. The van der Waals surface area contributed by atoms with E-state index < -0.39 is 16.0 Å². The van der Waals surface area contributed by atoms with Gasteiger partial charge in [0.05, 0.1) is 17.7 Å². The summed E-state index contributed by atoms with van der Waals surface area (Å²) in [7, 11) is -3.74. The van der Waals surface area contributed by atoms with Crippen molar-refractivity contribution in [3.05, 3.63) is 70.4 Å². The van der Waals surface area contributed by atoms with Crippen LogP contribution in [0.4, 0.5) is 5.69 Å². The second kappa shape index (κ2) is 8.16. The molecule has 0 amide bonds. The lowest BCUT2D eigenvalue weighted by molar-refractivity contribution is -0.136. The Bertz CT molecular complexity index is 1260. The number of hydrogen-bond acceptors (Lipinski definition) is 4. The Morgan fingerprint density at radius 2 is 2.03 bits per heavy atom. The Balaban J connectivity index is 1.64. The minimum Gasteiger partial charge on any atom is -0.481 e. The van der Waals surface area contributed by atoms with Gasteiger partial charge in [-0.3, -0.25) is 4.79 Å². The first-order valence-corrected chi connectivity index (χ1v) is 11.6. The van der Waals surface area contributed by atoms with Crippen molar-refractivity contribution in [2.24, 2.45) is 0 Å². The van der Waals surface area contributed by atoms with Crippen LogP contribution in [0.3, 0.4) is 0 Å². The van der Waals surface area contributed by atoms with E-state index in [9.17, 15) is 13.2 Å². The van der Waals surface area contributed by atoms with Crippen LogP contribution in [-0.2, 0) is 27.7 Å². The van der Waals surface area contributed by atoms with Gasteiger partial charge in [-0.25, -0.2) is 12.4 Å². The largest absolute Gasteiger partial charge is 0.481 e. The van der Waals surface area contributed by atoms with Gasteiger partial charge in [-0.05, 0) is 60.4 Å². The normalized spacial score (nSPS) is 13.6. The number of aliphatic carboxylic acids is 1. The third kappa shape index (κ3) is 4.22. The van der Waals surface area contributed by atoms with E-state index in [1.165, 1.54) is 9.54 Å². The lowest BCUT2D eigenvalue weighted by atomic mass is 10.1. The zero-order valence-electron chi connectivity index (χ0n) is 16.1. The predicted molar refractivity (Wildman–Crippen MR) is 120 cm³/mol. The number of nitrogens with one attached hydrogen (secondary N) is 1. The molecule has 0 spiro atoms. The van der Waals surface area contributed by atoms with Crippen LogP contribution >= 0.6 is 11.6 Å². The lowest BCUT2D eigenvalue weighted by Crippen LogP contribution is -2.18. The molecule has 156 valence electrons. The summed E-state index contributed by atoms with van der Waals surface area (Å²) in [5, 5.41) is 13.5. The molecule has 0 bridgehead atoms. The van der Waals surface area contributed by atoms with Gasteiger partial charge in [0, 0.05) is 28.3 Å². The van der Waals surface area contributed by atoms with Gasteiger partial charge in [0.1, 0.15) is 0 Å². The molecule has 30 heavy (non-hydrogen) atoms. The first-order valence-electron chi connectivity index (χ1n) is 9.62. The molecule has 0 radical (unpaired) electrons. The fourth-order valence-corrected chi connectivity index (χ4v) is 5.40. The number of aromatic nitrogens is 1. The van der Waals surface area contributed by atoms with Crippen LogP contribution in [0.2, 0.25) is 5.02 Å². The Morgan fingerprint density at radius 1 is 1.20 bits per heavy atom. The van der Waals surface area contributed by atoms with Crippen LogP contribution in [-0.4, -0.2) is 35.8 Å². The van der Waals surface area contributed by atoms with Crippen molar-refractivity contribution in [3.8, 4) is 0 Å². The van der Waals surface area contributed by atoms with E-state index in [2.05, 4.69) is 11.4 Å². The number of aryl methyl sites for hydroxylation is 1. The fraction of sp³-hybridized carbons (Fsp3) is 0.227. The van der Waals surface area contributed by atoms with Crippen molar-refractivity contribution in [2.45, 2.75) is 19.3 Å². The van der Waals surface area contributed by atoms with Crippen molar-refractivity contribution in [3.63, 3.8) is 0 Å². The molecule has 2 N–H and O–H groups in total. The van der Waals surface area contributed by atoms with Crippen LogP contribution in [0.1, 0.15) is 23.2 Å². The molecule has 1 aromatic heterocycles. The van der Waals surface area contributed by atoms with Gasteiger partial charge in [-0.2, -0.15) is 0 Å². The minimum atomic E-state index is -3.74. The molecule has 0 unspecified atom stereocenters. The minimum absolute atomic E-state index is 0.113. The Kier molecular flexibility index (Phi) is 5.58. The second-order valence-corrected chi connectivity index (χ2v) is 9.57.